The van der Waals surface area contributed by atoms with E-state index in [9.17, 15) is 18.0 Å². The Labute approximate surface area is 209 Å². The van der Waals surface area contributed by atoms with Crippen molar-refractivity contribution in [2.75, 3.05) is 23.0 Å². The normalized spacial score (nSPS) is 22.3. The number of carbonyl (C=O) groups is 1. The van der Waals surface area contributed by atoms with Gasteiger partial charge in [0.25, 0.3) is 0 Å². The van der Waals surface area contributed by atoms with Crippen LogP contribution in [0, 0.1) is 0 Å². The van der Waals surface area contributed by atoms with Gasteiger partial charge < -0.3 is 9.47 Å². The van der Waals surface area contributed by atoms with Crippen molar-refractivity contribution in [3.8, 4) is 5.75 Å². The number of fused-ring (bicyclic) bond motifs is 1. The highest BCUT2D eigenvalue weighted by Gasteiger charge is 2.60. The van der Waals surface area contributed by atoms with Crippen molar-refractivity contribution in [2.24, 2.45) is 0 Å². The number of amides is 2. The smallest absolute Gasteiger partial charge is 0.406 e. The minimum absolute atomic E-state index is 0.148. The molecule has 0 bridgehead atoms. The Hall–Kier alpha value is -2.94. The van der Waals surface area contributed by atoms with E-state index in [1.165, 1.54) is 12.1 Å². The second-order valence-corrected chi connectivity index (χ2v) is 9.17. The lowest BCUT2D eigenvalue weighted by Gasteiger charge is -2.44. The molecule has 10 heteroatoms. The Morgan fingerprint density at radius 3 is 2.03 bits per heavy atom. The van der Waals surface area contributed by atoms with Crippen LogP contribution in [0.25, 0.3) is 0 Å². The first kappa shape index (κ1) is 23.8. The van der Waals surface area contributed by atoms with E-state index >= 15 is 0 Å². The standard InChI is InChI=1S/C25H19Cl2F3N2O3/c26-17-3-7-19(8-4-17)31-22-13-14-34-15-24(22,16-1-11-21(12-2-16)35-25(28,29)30)32(23(31)33)20-9-5-18(27)6-10-20/h1-12,22H,13-15H2. The van der Waals surface area contributed by atoms with E-state index in [1.54, 1.807) is 70.5 Å². The predicted molar refractivity (Wildman–Crippen MR) is 127 cm³/mol. The number of rotatable bonds is 4. The average Bonchev–Trinajstić information content (AvgIpc) is 3.09. The Kier molecular flexibility index (Phi) is 6.07. The van der Waals surface area contributed by atoms with E-state index in [0.29, 0.717) is 40.0 Å². The van der Waals surface area contributed by atoms with Crippen LogP contribution in [0.3, 0.4) is 0 Å². The zero-order valence-corrected chi connectivity index (χ0v) is 19.6. The van der Waals surface area contributed by atoms with Crippen molar-refractivity contribution in [3.05, 3.63) is 88.4 Å². The molecule has 0 aliphatic carbocycles. The van der Waals surface area contributed by atoms with E-state index in [0.717, 1.165) is 0 Å². The van der Waals surface area contributed by atoms with Gasteiger partial charge in [-0.25, -0.2) is 4.79 Å². The van der Waals surface area contributed by atoms with Gasteiger partial charge in [-0.3, -0.25) is 9.80 Å². The van der Waals surface area contributed by atoms with Crippen LogP contribution in [0.5, 0.6) is 5.75 Å². The minimum atomic E-state index is -4.81. The summed E-state index contributed by atoms with van der Waals surface area (Å²) in [6, 6.07) is 18.7. The second kappa shape index (κ2) is 8.93. The lowest BCUT2D eigenvalue weighted by atomic mass is 9.79. The van der Waals surface area contributed by atoms with Crippen LogP contribution in [0.1, 0.15) is 12.0 Å². The van der Waals surface area contributed by atoms with Crippen LogP contribution in [0.15, 0.2) is 72.8 Å². The number of alkyl halides is 3. The monoisotopic (exact) mass is 522 g/mol. The maximum Gasteiger partial charge on any atom is 0.573 e. The van der Waals surface area contributed by atoms with Gasteiger partial charge in [0.05, 0.1) is 12.6 Å². The third kappa shape index (κ3) is 4.30. The summed E-state index contributed by atoms with van der Waals surface area (Å²) in [5.41, 5.74) is 0.849. The molecule has 0 aromatic heterocycles. The SMILES string of the molecule is O=C1N(c2ccc(Cl)cc2)C2CCOCC2(c2ccc(OC(F)(F)F)cc2)N1c1ccc(Cl)cc1. The summed E-state index contributed by atoms with van der Waals surface area (Å²) in [7, 11) is 0. The summed E-state index contributed by atoms with van der Waals surface area (Å²) in [4.78, 5) is 17.4. The minimum Gasteiger partial charge on any atom is -0.406 e. The van der Waals surface area contributed by atoms with Crippen molar-refractivity contribution in [1.29, 1.82) is 0 Å². The van der Waals surface area contributed by atoms with E-state index < -0.39 is 11.9 Å². The molecule has 3 aromatic carbocycles. The van der Waals surface area contributed by atoms with Gasteiger partial charge in [-0.15, -0.1) is 13.2 Å². The third-order valence-corrected chi connectivity index (χ3v) is 6.80. The number of hydrogen-bond donors (Lipinski definition) is 0. The predicted octanol–water partition coefficient (Wildman–Crippen LogP) is 7.02. The molecule has 2 atom stereocenters. The molecule has 5 rings (SSSR count). The molecule has 35 heavy (non-hydrogen) atoms. The van der Waals surface area contributed by atoms with Crippen LogP contribution in [0.4, 0.5) is 29.3 Å². The summed E-state index contributed by atoms with van der Waals surface area (Å²) in [5, 5.41) is 1.04. The van der Waals surface area contributed by atoms with E-state index in [2.05, 4.69) is 4.74 Å². The first-order valence-electron chi connectivity index (χ1n) is 10.8. The highest BCUT2D eigenvalue weighted by atomic mass is 35.5. The summed E-state index contributed by atoms with van der Waals surface area (Å²) in [6.45, 7) is 0.573. The van der Waals surface area contributed by atoms with Gasteiger partial charge in [0.1, 0.15) is 11.3 Å². The van der Waals surface area contributed by atoms with Crippen molar-refractivity contribution in [2.45, 2.75) is 24.4 Å². The molecule has 2 fully saturated rings. The van der Waals surface area contributed by atoms with Crippen LogP contribution >= 0.6 is 23.2 Å². The summed E-state index contributed by atoms with van der Waals surface area (Å²) < 4.78 is 48.1. The second-order valence-electron chi connectivity index (χ2n) is 8.29. The molecule has 182 valence electrons. The number of hydrogen-bond acceptors (Lipinski definition) is 3. The van der Waals surface area contributed by atoms with Crippen LogP contribution in [-0.2, 0) is 10.3 Å². The molecule has 5 nitrogen and oxygen atoms in total. The quantitative estimate of drug-likeness (QED) is 0.369. The molecular formula is C25H19Cl2F3N2O3. The maximum atomic E-state index is 14.0. The van der Waals surface area contributed by atoms with E-state index in [-0.39, 0.29) is 24.4 Å². The number of urea groups is 1. The van der Waals surface area contributed by atoms with Gasteiger partial charge in [0.15, 0.2) is 0 Å². The molecule has 0 radical (unpaired) electrons. The third-order valence-electron chi connectivity index (χ3n) is 6.29. The maximum absolute atomic E-state index is 14.0. The Morgan fingerprint density at radius 2 is 1.46 bits per heavy atom. The zero-order valence-electron chi connectivity index (χ0n) is 18.1. The average molecular weight is 523 g/mol. The molecule has 2 aliphatic rings. The lowest BCUT2D eigenvalue weighted by molar-refractivity contribution is -0.274. The molecule has 0 spiro atoms. The molecule has 2 aliphatic heterocycles. The topological polar surface area (TPSA) is 42.0 Å². The number of anilines is 2. The van der Waals surface area contributed by atoms with Crippen molar-refractivity contribution in [3.63, 3.8) is 0 Å². The molecular weight excluding hydrogens is 504 g/mol. The molecule has 2 unspecified atom stereocenters. The highest BCUT2D eigenvalue weighted by Crippen LogP contribution is 2.49. The number of carbonyl (C=O) groups excluding carboxylic acids is 1. The number of ether oxygens (including phenoxy) is 2. The van der Waals surface area contributed by atoms with E-state index in [1.807, 2.05) is 0 Å². The van der Waals surface area contributed by atoms with Gasteiger partial charge in [0.2, 0.25) is 0 Å². The molecule has 2 amide bonds. The molecule has 3 aromatic rings. The van der Waals surface area contributed by atoms with E-state index in [4.69, 9.17) is 27.9 Å². The van der Waals surface area contributed by atoms with Gasteiger partial charge in [-0.1, -0.05) is 35.3 Å². The highest BCUT2D eigenvalue weighted by molar-refractivity contribution is 6.31. The van der Waals surface area contributed by atoms with Crippen LogP contribution in [-0.4, -0.2) is 31.6 Å². The molecule has 0 N–H and O–H groups in total. The van der Waals surface area contributed by atoms with Crippen LogP contribution in [0.2, 0.25) is 10.0 Å². The number of benzene rings is 3. The Bertz CT molecular complexity index is 1220. The van der Waals surface area contributed by atoms with Gasteiger partial charge >= 0.3 is 12.4 Å². The van der Waals surface area contributed by atoms with Crippen molar-refractivity contribution in [1.82, 2.24) is 0 Å². The Morgan fingerprint density at radius 1 is 0.886 bits per heavy atom. The van der Waals surface area contributed by atoms with Crippen molar-refractivity contribution >= 4 is 40.6 Å². The lowest BCUT2D eigenvalue weighted by Crippen LogP contribution is -2.56. The fourth-order valence-corrected chi connectivity index (χ4v) is 5.15. The molecule has 2 heterocycles. The summed E-state index contributed by atoms with van der Waals surface area (Å²) in [5.74, 6) is -0.345. The van der Waals surface area contributed by atoms with Crippen LogP contribution < -0.4 is 14.5 Å². The first-order chi connectivity index (χ1) is 16.7. The number of nitrogens with zero attached hydrogens (tertiary/aromatic N) is 2. The Balaban J connectivity index is 1.66. The summed E-state index contributed by atoms with van der Waals surface area (Å²) >= 11 is 12.2. The largest absolute Gasteiger partial charge is 0.573 e. The zero-order chi connectivity index (χ0) is 24.8. The van der Waals surface area contributed by atoms with Gasteiger partial charge in [-0.2, -0.15) is 0 Å². The first-order valence-corrected chi connectivity index (χ1v) is 11.5. The number of halogens is 5. The molecule has 0 saturated carbocycles. The van der Waals surface area contributed by atoms with Gasteiger partial charge in [-0.05, 0) is 72.6 Å². The summed E-state index contributed by atoms with van der Waals surface area (Å²) in [6.07, 6.45) is -4.29. The van der Waals surface area contributed by atoms with Crippen molar-refractivity contribution < 1.29 is 27.4 Å². The fraction of sp³-hybridized carbons (Fsp3) is 0.240. The molecule has 2 saturated heterocycles. The fourth-order valence-electron chi connectivity index (χ4n) is 4.90. The van der Waals surface area contributed by atoms with Gasteiger partial charge in [0, 0.05) is 28.0 Å².